The number of carboxylic acid groups (broad SMARTS) is 3. The van der Waals surface area contributed by atoms with Crippen molar-refractivity contribution in [3.05, 3.63) is 0 Å². The quantitative estimate of drug-likeness (QED) is 0.138. The van der Waals surface area contributed by atoms with Crippen molar-refractivity contribution in [3.63, 3.8) is 0 Å². The fourth-order valence-electron chi connectivity index (χ4n) is 0.875. The van der Waals surface area contributed by atoms with Gasteiger partial charge in [0.05, 0.1) is 13.2 Å². The third kappa shape index (κ3) is 25.1. The minimum Gasteiger partial charge on any atom is -0.480 e. The van der Waals surface area contributed by atoms with E-state index in [0.29, 0.717) is 12.8 Å². The van der Waals surface area contributed by atoms with Crippen molar-refractivity contribution >= 4 is 17.9 Å². The second-order valence-electron chi connectivity index (χ2n) is 4.39. The van der Waals surface area contributed by atoms with E-state index in [2.05, 4.69) is 0 Å². The molecule has 0 unspecified atom stereocenters. The van der Waals surface area contributed by atoms with Crippen LogP contribution in [-0.2, 0) is 43.3 Å². The summed E-state index contributed by atoms with van der Waals surface area (Å²) < 4.78 is 9.62. The van der Waals surface area contributed by atoms with Gasteiger partial charge in [-0.1, -0.05) is 26.7 Å². The van der Waals surface area contributed by atoms with Crippen molar-refractivity contribution in [1.82, 2.24) is 0 Å². The van der Waals surface area contributed by atoms with Gasteiger partial charge >= 0.3 is 23.9 Å². The molecule has 0 amide bonds. The van der Waals surface area contributed by atoms with E-state index in [1.807, 2.05) is 13.8 Å². The van der Waals surface area contributed by atoms with E-state index < -0.39 is 37.1 Å². The smallest absolute Gasteiger partial charge is 0.395 e. The molecule has 0 rings (SSSR count). The first-order valence-electron chi connectivity index (χ1n) is 7.50. The molecule has 0 atom stereocenters. The molecule has 0 aromatic rings. The van der Waals surface area contributed by atoms with Crippen LogP contribution in [0.2, 0.25) is 0 Å². The van der Waals surface area contributed by atoms with Crippen molar-refractivity contribution in [3.8, 4) is 0 Å². The zero-order chi connectivity index (χ0) is 20.3. The molecule has 0 aromatic heterocycles. The van der Waals surface area contributed by atoms with E-state index in [4.69, 9.17) is 44.6 Å². The number of aliphatic hydroxyl groups is 3. The molecule has 26 heavy (non-hydrogen) atoms. The van der Waals surface area contributed by atoms with Crippen molar-refractivity contribution in [1.29, 1.82) is 0 Å². The van der Waals surface area contributed by atoms with Gasteiger partial charge in [-0.3, -0.25) is 0 Å². The number of rotatable bonds is 11. The second kappa shape index (κ2) is 21.9. The van der Waals surface area contributed by atoms with Gasteiger partial charge in [0.2, 0.25) is 0 Å². The summed E-state index contributed by atoms with van der Waals surface area (Å²) in [6.45, 7) is 2.68. The Morgan fingerprint density at radius 2 is 1.08 bits per heavy atom. The van der Waals surface area contributed by atoms with Crippen LogP contribution < -0.4 is 0 Å². The van der Waals surface area contributed by atoms with Crippen molar-refractivity contribution in [2.75, 3.05) is 26.4 Å². The molecule has 0 fully saturated rings. The summed E-state index contributed by atoms with van der Waals surface area (Å²) in [5.41, 5.74) is 0. The van der Waals surface area contributed by atoms with Crippen molar-refractivity contribution in [2.24, 2.45) is 0 Å². The van der Waals surface area contributed by atoms with Gasteiger partial charge in [0.25, 0.3) is 0 Å². The zero-order valence-corrected chi connectivity index (χ0v) is 18.1. The number of hydrogen-bond acceptors (Lipinski definition) is 8. The Morgan fingerprint density at radius 3 is 1.23 bits per heavy atom. The van der Waals surface area contributed by atoms with Gasteiger partial charge in [-0.05, 0) is 12.8 Å². The monoisotopic (exact) mass is 436 g/mol. The zero-order valence-electron chi connectivity index (χ0n) is 15.1. The second-order valence-corrected chi connectivity index (χ2v) is 4.39. The molecule has 11 nitrogen and oxygen atoms in total. The van der Waals surface area contributed by atoms with Crippen LogP contribution in [0.5, 0.6) is 0 Å². The average molecular weight is 438 g/mol. The molecule has 0 bridgehead atoms. The third-order valence-electron chi connectivity index (χ3n) is 2.13. The summed E-state index contributed by atoms with van der Waals surface area (Å²) in [7, 11) is 0. The molecule has 0 aliphatic rings. The molecule has 0 saturated carbocycles. The van der Waals surface area contributed by atoms with Gasteiger partial charge in [0, 0.05) is 19.5 Å². The Hall–Kier alpha value is -1.17. The standard InChI is InChI=1S/C10H20O5.2C2H4O3.Zn/c1-3-5-7-14-10(13,9(11)12)15-8-6-4-2;2*3-1-2(4)5;/h13H,3-8H2,1-2H3,(H,11,12);2*3H,1H2,(H,4,5);. The van der Waals surface area contributed by atoms with E-state index in [0.717, 1.165) is 12.8 Å². The number of aliphatic carboxylic acids is 3. The number of unbranched alkanes of at least 4 members (excludes halogenated alkanes) is 2. The molecule has 0 aliphatic carbocycles. The van der Waals surface area contributed by atoms with Crippen LogP contribution >= 0.6 is 0 Å². The molecule has 12 heteroatoms. The molecular weight excluding hydrogens is 410 g/mol. The number of carboxylic acids is 3. The van der Waals surface area contributed by atoms with E-state index >= 15 is 0 Å². The SMILES string of the molecule is CCCCOC(O)(OCCCC)C(=O)O.O=C(O)CO.O=C(O)CO.[Zn]. The fraction of sp³-hybridized carbons (Fsp3) is 0.786. The average Bonchev–Trinajstić information content (AvgIpc) is 2.56. The van der Waals surface area contributed by atoms with Gasteiger partial charge in [0.15, 0.2) is 0 Å². The predicted molar refractivity (Wildman–Crippen MR) is 83.7 cm³/mol. The number of aliphatic hydroxyl groups excluding tert-OH is 2. The van der Waals surface area contributed by atoms with E-state index in [1.54, 1.807) is 0 Å². The normalized spacial score (nSPS) is 9.58. The van der Waals surface area contributed by atoms with Gasteiger partial charge in [0.1, 0.15) is 13.2 Å². The van der Waals surface area contributed by atoms with Crippen LogP contribution in [-0.4, -0.2) is 80.9 Å². The van der Waals surface area contributed by atoms with E-state index in [-0.39, 0.29) is 32.7 Å². The number of ether oxygens (including phenoxy) is 2. The Kier molecular flexibility index (Phi) is 27.3. The first-order valence-corrected chi connectivity index (χ1v) is 7.50. The van der Waals surface area contributed by atoms with Gasteiger partial charge in [-0.25, -0.2) is 14.4 Å². The number of carbonyl (C=O) groups is 3. The van der Waals surface area contributed by atoms with Crippen LogP contribution in [0.3, 0.4) is 0 Å². The third-order valence-corrected chi connectivity index (χ3v) is 2.13. The molecule has 152 valence electrons. The first-order chi connectivity index (χ1) is 11.6. The fourth-order valence-corrected chi connectivity index (χ4v) is 0.875. The molecule has 0 heterocycles. The first kappa shape index (κ1) is 32.5. The molecule has 0 aliphatic heterocycles. The van der Waals surface area contributed by atoms with E-state index in [9.17, 15) is 9.90 Å². The summed E-state index contributed by atoms with van der Waals surface area (Å²) >= 11 is 0. The summed E-state index contributed by atoms with van der Waals surface area (Å²) in [6.07, 6.45) is 3.11. The molecule has 0 spiro atoms. The van der Waals surface area contributed by atoms with Gasteiger partial charge in [-0.2, -0.15) is 0 Å². The summed E-state index contributed by atoms with van der Waals surface area (Å²) in [6, 6.07) is 0. The Labute approximate surface area is 164 Å². The molecule has 0 saturated heterocycles. The minimum atomic E-state index is -2.48. The Morgan fingerprint density at radius 1 is 0.808 bits per heavy atom. The summed E-state index contributed by atoms with van der Waals surface area (Å²) in [4.78, 5) is 28.9. The van der Waals surface area contributed by atoms with Crippen LogP contribution in [0.25, 0.3) is 0 Å². The van der Waals surface area contributed by atoms with Crippen LogP contribution in [0.4, 0.5) is 0 Å². The van der Waals surface area contributed by atoms with Gasteiger partial charge in [-0.15, -0.1) is 0 Å². The summed E-state index contributed by atoms with van der Waals surface area (Å²) in [5.74, 6) is -6.37. The van der Waals surface area contributed by atoms with E-state index in [1.165, 1.54) is 0 Å². The molecule has 0 radical (unpaired) electrons. The Balaban J connectivity index is -0.000000182. The van der Waals surface area contributed by atoms with Crippen molar-refractivity contribution in [2.45, 2.75) is 45.5 Å². The van der Waals surface area contributed by atoms with Crippen LogP contribution in [0, 0.1) is 0 Å². The molecular formula is C14H28O11Zn. The molecule has 0 aromatic carbocycles. The minimum absolute atomic E-state index is 0. The maximum atomic E-state index is 10.7. The molecule has 6 N–H and O–H groups in total. The predicted octanol–water partition coefficient (Wildman–Crippen LogP) is -0.525. The topological polar surface area (TPSA) is 191 Å². The maximum absolute atomic E-state index is 10.7. The largest absolute Gasteiger partial charge is 0.480 e. The van der Waals surface area contributed by atoms with Gasteiger partial charge < -0.3 is 40.1 Å². The maximum Gasteiger partial charge on any atom is 0.395 e. The number of hydrogen-bond donors (Lipinski definition) is 6. The summed E-state index contributed by atoms with van der Waals surface area (Å²) in [5, 5.41) is 48.3. The van der Waals surface area contributed by atoms with Crippen LogP contribution in [0.1, 0.15) is 39.5 Å². The Bertz CT molecular complexity index is 339. The van der Waals surface area contributed by atoms with Crippen molar-refractivity contribution < 1.29 is 74.0 Å². The van der Waals surface area contributed by atoms with Crippen LogP contribution in [0.15, 0.2) is 0 Å².